The van der Waals surface area contributed by atoms with Crippen LogP contribution in [0.2, 0.25) is 0 Å². The molecule has 7 heteroatoms. The van der Waals surface area contributed by atoms with Gasteiger partial charge in [0.05, 0.1) is 12.1 Å². The van der Waals surface area contributed by atoms with E-state index in [1.54, 1.807) is 24.3 Å². The van der Waals surface area contributed by atoms with E-state index in [0.29, 0.717) is 11.4 Å². The monoisotopic (exact) mass is 332 g/mol. The van der Waals surface area contributed by atoms with Crippen molar-refractivity contribution >= 4 is 23.5 Å². The minimum absolute atomic E-state index is 0.133. The Morgan fingerprint density at radius 1 is 1.25 bits per heavy atom. The van der Waals surface area contributed by atoms with Gasteiger partial charge < -0.3 is 15.2 Å². The Labute approximate surface area is 139 Å². The summed E-state index contributed by atoms with van der Waals surface area (Å²) < 4.78 is 5.50. The first-order chi connectivity index (χ1) is 11.5. The van der Waals surface area contributed by atoms with Crippen molar-refractivity contribution in [2.75, 3.05) is 11.4 Å². The lowest BCUT2D eigenvalue weighted by Crippen LogP contribution is -2.51. The Hall–Kier alpha value is -2.57. The topological polar surface area (TPSA) is 95.9 Å². The predicted octanol–water partition coefficient (Wildman–Crippen LogP) is 1.31. The first-order valence-electron chi connectivity index (χ1n) is 8.13. The van der Waals surface area contributed by atoms with Gasteiger partial charge in [-0.05, 0) is 25.0 Å². The minimum Gasteiger partial charge on any atom is -0.481 e. The average Bonchev–Trinajstić information content (AvgIpc) is 3.03. The van der Waals surface area contributed by atoms with Crippen molar-refractivity contribution in [3.63, 3.8) is 0 Å². The number of rotatable bonds is 5. The molecule has 1 fully saturated rings. The van der Waals surface area contributed by atoms with Gasteiger partial charge in [-0.2, -0.15) is 0 Å². The summed E-state index contributed by atoms with van der Waals surface area (Å²) in [6.45, 7) is -0.133. The zero-order valence-electron chi connectivity index (χ0n) is 13.2. The number of para-hydroxylation sites is 2. The summed E-state index contributed by atoms with van der Waals surface area (Å²) in [5.41, 5.74) is 0.491. The molecule has 7 nitrogen and oxygen atoms in total. The van der Waals surface area contributed by atoms with Gasteiger partial charge in [0.25, 0.3) is 5.91 Å². The predicted molar refractivity (Wildman–Crippen MR) is 85.9 cm³/mol. The van der Waals surface area contributed by atoms with Gasteiger partial charge in [-0.25, -0.2) is 0 Å². The van der Waals surface area contributed by atoms with E-state index in [0.717, 1.165) is 25.7 Å². The first kappa shape index (κ1) is 16.3. The van der Waals surface area contributed by atoms with Crippen LogP contribution in [-0.2, 0) is 14.4 Å². The van der Waals surface area contributed by atoms with Gasteiger partial charge in [0.2, 0.25) is 5.91 Å². The third kappa shape index (κ3) is 3.50. The van der Waals surface area contributed by atoms with Gasteiger partial charge in [0.15, 0.2) is 6.10 Å². The number of aliphatic carboxylic acids is 1. The Balaban J connectivity index is 1.77. The van der Waals surface area contributed by atoms with E-state index in [4.69, 9.17) is 9.84 Å². The van der Waals surface area contributed by atoms with Crippen molar-refractivity contribution in [3.8, 4) is 5.75 Å². The van der Waals surface area contributed by atoms with Gasteiger partial charge in [-0.1, -0.05) is 25.0 Å². The molecule has 0 saturated heterocycles. The summed E-state index contributed by atoms with van der Waals surface area (Å²) in [5.74, 6) is -1.45. The van der Waals surface area contributed by atoms with Crippen LogP contribution in [0, 0.1) is 0 Å². The van der Waals surface area contributed by atoms with E-state index >= 15 is 0 Å². The molecule has 1 saturated carbocycles. The molecule has 1 aliphatic carbocycles. The van der Waals surface area contributed by atoms with Gasteiger partial charge in [-0.3, -0.25) is 19.3 Å². The molecular formula is C17H20N2O5. The number of benzene rings is 1. The maximum atomic E-state index is 12.6. The van der Waals surface area contributed by atoms with Gasteiger partial charge >= 0.3 is 5.97 Å². The van der Waals surface area contributed by atoms with Gasteiger partial charge in [0, 0.05) is 6.04 Å². The number of amides is 2. The smallest absolute Gasteiger partial charge is 0.307 e. The number of hydrogen-bond donors (Lipinski definition) is 2. The standard InChI is InChI=1S/C17H20N2O5/c20-15(18-11-5-1-2-6-11)10-19-12-7-3-4-8-13(12)24-14(17(19)23)9-16(21)22/h3-4,7-8,11,14H,1-2,5-6,9-10H2,(H,18,20)(H,21,22). The molecule has 2 N–H and O–H groups in total. The quantitative estimate of drug-likeness (QED) is 0.848. The SMILES string of the molecule is O=C(O)CC1Oc2ccccc2N(CC(=O)NC2CCCC2)C1=O. The summed E-state index contributed by atoms with van der Waals surface area (Å²) >= 11 is 0. The lowest BCUT2D eigenvalue weighted by molar-refractivity contribution is -0.142. The highest BCUT2D eigenvalue weighted by molar-refractivity contribution is 6.04. The second-order valence-electron chi connectivity index (χ2n) is 6.15. The Morgan fingerprint density at radius 2 is 1.96 bits per heavy atom. The summed E-state index contributed by atoms with van der Waals surface area (Å²) in [5, 5.41) is 11.9. The molecule has 3 rings (SSSR count). The summed E-state index contributed by atoms with van der Waals surface area (Å²) in [7, 11) is 0. The molecule has 0 radical (unpaired) electrons. The van der Waals surface area contributed by atoms with E-state index in [1.165, 1.54) is 4.90 Å². The number of carboxylic acid groups (broad SMARTS) is 1. The second-order valence-corrected chi connectivity index (χ2v) is 6.15. The van der Waals surface area contributed by atoms with Crippen molar-refractivity contribution < 1.29 is 24.2 Å². The van der Waals surface area contributed by atoms with Crippen LogP contribution in [-0.4, -0.2) is 41.6 Å². The fraction of sp³-hybridized carbons (Fsp3) is 0.471. The fourth-order valence-electron chi connectivity index (χ4n) is 3.21. The minimum atomic E-state index is -1.12. The highest BCUT2D eigenvalue weighted by atomic mass is 16.5. The Morgan fingerprint density at radius 3 is 2.67 bits per heavy atom. The van der Waals surface area contributed by atoms with E-state index in [1.807, 2.05) is 0 Å². The van der Waals surface area contributed by atoms with E-state index in [9.17, 15) is 14.4 Å². The number of carbonyl (C=O) groups excluding carboxylic acids is 2. The van der Waals surface area contributed by atoms with Crippen LogP contribution in [0.3, 0.4) is 0 Å². The normalized spacial score (nSPS) is 20.4. The molecule has 2 aliphatic rings. The molecule has 0 spiro atoms. The van der Waals surface area contributed by atoms with Crippen LogP contribution < -0.4 is 15.0 Å². The number of nitrogens with zero attached hydrogens (tertiary/aromatic N) is 1. The van der Waals surface area contributed by atoms with Crippen molar-refractivity contribution in [3.05, 3.63) is 24.3 Å². The Bertz CT molecular complexity index is 654. The van der Waals surface area contributed by atoms with E-state index in [-0.39, 0.29) is 18.5 Å². The fourth-order valence-corrected chi connectivity index (χ4v) is 3.21. The molecular weight excluding hydrogens is 312 g/mol. The summed E-state index contributed by atoms with van der Waals surface area (Å²) in [6, 6.07) is 7.00. The van der Waals surface area contributed by atoms with E-state index in [2.05, 4.69) is 5.32 Å². The molecule has 1 heterocycles. The molecule has 1 aliphatic heterocycles. The van der Waals surface area contributed by atoms with Crippen LogP contribution in [0.25, 0.3) is 0 Å². The molecule has 24 heavy (non-hydrogen) atoms. The zero-order chi connectivity index (χ0) is 17.1. The van der Waals surface area contributed by atoms with Crippen LogP contribution in [0.4, 0.5) is 5.69 Å². The molecule has 0 aromatic heterocycles. The maximum Gasteiger partial charge on any atom is 0.307 e. The van der Waals surface area contributed by atoms with Gasteiger partial charge in [-0.15, -0.1) is 0 Å². The molecule has 1 aromatic carbocycles. The van der Waals surface area contributed by atoms with Crippen LogP contribution >= 0.6 is 0 Å². The first-order valence-corrected chi connectivity index (χ1v) is 8.13. The van der Waals surface area contributed by atoms with Crippen LogP contribution in [0.1, 0.15) is 32.1 Å². The lowest BCUT2D eigenvalue weighted by Gasteiger charge is -2.33. The molecule has 2 amide bonds. The molecule has 1 atom stereocenters. The number of anilines is 1. The number of hydrogen-bond acceptors (Lipinski definition) is 4. The van der Waals surface area contributed by atoms with Crippen molar-refractivity contribution in [2.24, 2.45) is 0 Å². The largest absolute Gasteiger partial charge is 0.481 e. The molecule has 1 unspecified atom stereocenters. The number of fused-ring (bicyclic) bond motifs is 1. The van der Waals surface area contributed by atoms with Crippen LogP contribution in [0.5, 0.6) is 5.75 Å². The van der Waals surface area contributed by atoms with Crippen molar-refractivity contribution in [2.45, 2.75) is 44.2 Å². The highest BCUT2D eigenvalue weighted by Crippen LogP contribution is 2.34. The number of carbonyl (C=O) groups is 3. The summed E-state index contributed by atoms with van der Waals surface area (Å²) in [4.78, 5) is 37.1. The third-order valence-corrected chi connectivity index (χ3v) is 4.35. The molecule has 1 aromatic rings. The zero-order valence-corrected chi connectivity index (χ0v) is 13.2. The van der Waals surface area contributed by atoms with Gasteiger partial charge in [0.1, 0.15) is 12.3 Å². The molecule has 0 bridgehead atoms. The maximum absolute atomic E-state index is 12.6. The number of nitrogens with one attached hydrogen (secondary N) is 1. The van der Waals surface area contributed by atoms with Crippen molar-refractivity contribution in [1.82, 2.24) is 5.32 Å². The van der Waals surface area contributed by atoms with Crippen LogP contribution in [0.15, 0.2) is 24.3 Å². The highest BCUT2D eigenvalue weighted by Gasteiger charge is 2.36. The summed E-state index contributed by atoms with van der Waals surface area (Å²) in [6.07, 6.45) is 2.57. The lowest BCUT2D eigenvalue weighted by atomic mass is 10.1. The number of carboxylic acids is 1. The van der Waals surface area contributed by atoms with E-state index < -0.39 is 24.4 Å². The van der Waals surface area contributed by atoms with Crippen molar-refractivity contribution in [1.29, 1.82) is 0 Å². The molecule has 128 valence electrons. The second kappa shape index (κ2) is 6.90. The average molecular weight is 332 g/mol. The Kier molecular flexibility index (Phi) is 4.69. The third-order valence-electron chi connectivity index (χ3n) is 4.35. The number of ether oxygens (including phenoxy) is 1.